The molecule has 2 aromatic carbocycles. The first kappa shape index (κ1) is 15.6. The van der Waals surface area contributed by atoms with Gasteiger partial charge in [0.05, 0.1) is 17.9 Å². The smallest absolute Gasteiger partial charge is 0.224 e. The average Bonchev–Trinajstić information content (AvgIpc) is 2.53. The van der Waals surface area contributed by atoms with Crippen LogP contribution in [0.3, 0.4) is 0 Å². The van der Waals surface area contributed by atoms with Gasteiger partial charge in [-0.25, -0.2) is 0 Å². The second-order valence-electron chi connectivity index (χ2n) is 4.92. The van der Waals surface area contributed by atoms with Crippen LogP contribution in [0, 0.1) is 18.3 Å². The molecule has 0 atom stereocenters. The van der Waals surface area contributed by atoms with Crippen molar-refractivity contribution in [1.29, 1.82) is 5.26 Å². The predicted molar refractivity (Wildman–Crippen MR) is 85.7 cm³/mol. The number of anilines is 1. The molecule has 0 aliphatic rings. The Morgan fingerprint density at radius 1 is 1.18 bits per heavy atom. The van der Waals surface area contributed by atoms with Crippen LogP contribution < -0.4 is 10.1 Å². The van der Waals surface area contributed by atoms with Crippen molar-refractivity contribution in [3.8, 4) is 11.8 Å². The van der Waals surface area contributed by atoms with Crippen LogP contribution in [-0.4, -0.2) is 12.5 Å². The number of para-hydroxylation sites is 2. The number of benzene rings is 2. The molecule has 112 valence electrons. The normalized spacial score (nSPS) is 9.82. The Bertz CT molecular complexity index is 689. The molecule has 0 unspecified atom stereocenters. The Morgan fingerprint density at radius 2 is 1.91 bits per heavy atom. The van der Waals surface area contributed by atoms with Gasteiger partial charge in [0.2, 0.25) is 5.91 Å². The lowest BCUT2D eigenvalue weighted by Gasteiger charge is -2.09. The van der Waals surface area contributed by atoms with E-state index in [9.17, 15) is 4.79 Å². The Labute approximate surface area is 130 Å². The van der Waals surface area contributed by atoms with E-state index in [2.05, 4.69) is 11.4 Å². The van der Waals surface area contributed by atoms with Crippen molar-refractivity contribution in [2.24, 2.45) is 0 Å². The number of hydrogen-bond acceptors (Lipinski definition) is 3. The largest absolute Gasteiger partial charge is 0.493 e. The van der Waals surface area contributed by atoms with Gasteiger partial charge in [-0.3, -0.25) is 4.79 Å². The van der Waals surface area contributed by atoms with Gasteiger partial charge in [0.1, 0.15) is 11.8 Å². The summed E-state index contributed by atoms with van der Waals surface area (Å²) >= 11 is 0. The lowest BCUT2D eigenvalue weighted by atomic mass is 10.2. The first-order valence-corrected chi connectivity index (χ1v) is 7.18. The zero-order chi connectivity index (χ0) is 15.8. The van der Waals surface area contributed by atoms with E-state index >= 15 is 0 Å². The van der Waals surface area contributed by atoms with E-state index in [1.807, 2.05) is 31.2 Å². The SMILES string of the molecule is Cc1ccccc1OCCCC(=O)Nc1ccccc1C#N. The number of nitrogens with one attached hydrogen (secondary N) is 1. The van der Waals surface area contributed by atoms with Gasteiger partial charge in [0, 0.05) is 6.42 Å². The monoisotopic (exact) mass is 294 g/mol. The number of amides is 1. The number of nitrogens with zero attached hydrogens (tertiary/aromatic N) is 1. The summed E-state index contributed by atoms with van der Waals surface area (Å²) in [7, 11) is 0. The van der Waals surface area contributed by atoms with Crippen LogP contribution in [0.15, 0.2) is 48.5 Å². The standard InChI is InChI=1S/C18H18N2O2/c1-14-7-2-5-10-17(14)22-12-6-11-18(21)20-16-9-4-3-8-15(16)13-19/h2-5,7-10H,6,11-12H2,1H3,(H,20,21). The van der Waals surface area contributed by atoms with Gasteiger partial charge in [-0.2, -0.15) is 5.26 Å². The predicted octanol–water partition coefficient (Wildman–Crippen LogP) is 3.66. The molecule has 1 N–H and O–H groups in total. The molecular formula is C18H18N2O2. The summed E-state index contributed by atoms with van der Waals surface area (Å²) in [5.74, 6) is 0.730. The summed E-state index contributed by atoms with van der Waals surface area (Å²) in [6, 6.07) is 16.8. The summed E-state index contributed by atoms with van der Waals surface area (Å²) < 4.78 is 5.65. The van der Waals surface area contributed by atoms with Gasteiger partial charge < -0.3 is 10.1 Å². The molecule has 2 rings (SSSR count). The number of nitriles is 1. The van der Waals surface area contributed by atoms with Crippen molar-refractivity contribution in [3.63, 3.8) is 0 Å². The van der Waals surface area contributed by atoms with Crippen molar-refractivity contribution in [3.05, 3.63) is 59.7 Å². The zero-order valence-corrected chi connectivity index (χ0v) is 12.5. The van der Waals surface area contributed by atoms with E-state index in [0.29, 0.717) is 30.7 Å². The van der Waals surface area contributed by atoms with Crippen LogP contribution in [0.5, 0.6) is 5.75 Å². The Kier molecular flexibility index (Phi) is 5.56. The number of carbonyl (C=O) groups excluding carboxylic acids is 1. The molecule has 0 fully saturated rings. The number of hydrogen-bond donors (Lipinski definition) is 1. The quantitative estimate of drug-likeness (QED) is 0.827. The average molecular weight is 294 g/mol. The summed E-state index contributed by atoms with van der Waals surface area (Å²) in [5, 5.41) is 11.7. The van der Waals surface area contributed by atoms with Crippen LogP contribution in [0.25, 0.3) is 0 Å². The minimum absolute atomic E-state index is 0.115. The molecule has 2 aromatic rings. The third kappa shape index (κ3) is 4.35. The third-order valence-corrected chi connectivity index (χ3v) is 3.22. The molecule has 0 aliphatic heterocycles. The molecule has 0 aromatic heterocycles. The first-order valence-electron chi connectivity index (χ1n) is 7.18. The molecule has 22 heavy (non-hydrogen) atoms. The fraction of sp³-hybridized carbons (Fsp3) is 0.222. The van der Waals surface area contributed by atoms with Crippen LogP contribution in [0.1, 0.15) is 24.0 Å². The third-order valence-electron chi connectivity index (χ3n) is 3.22. The Morgan fingerprint density at radius 3 is 2.68 bits per heavy atom. The number of rotatable bonds is 6. The summed E-state index contributed by atoms with van der Waals surface area (Å²) in [6.45, 7) is 2.47. The number of carbonyl (C=O) groups is 1. The molecule has 0 bridgehead atoms. The topological polar surface area (TPSA) is 62.1 Å². The van der Waals surface area contributed by atoms with Gasteiger partial charge >= 0.3 is 0 Å². The first-order chi connectivity index (χ1) is 10.7. The highest BCUT2D eigenvalue weighted by molar-refractivity contribution is 5.92. The second kappa shape index (κ2) is 7.84. The molecule has 4 heteroatoms. The van der Waals surface area contributed by atoms with Gasteiger partial charge in [-0.15, -0.1) is 0 Å². The van der Waals surface area contributed by atoms with Crippen molar-refractivity contribution in [2.75, 3.05) is 11.9 Å². The van der Waals surface area contributed by atoms with E-state index in [4.69, 9.17) is 10.00 Å². The number of ether oxygens (including phenoxy) is 1. The van der Waals surface area contributed by atoms with Crippen LogP contribution in [0.4, 0.5) is 5.69 Å². The van der Waals surface area contributed by atoms with Crippen molar-refractivity contribution < 1.29 is 9.53 Å². The molecule has 0 saturated carbocycles. The van der Waals surface area contributed by atoms with Crippen LogP contribution in [0.2, 0.25) is 0 Å². The van der Waals surface area contributed by atoms with Gasteiger partial charge in [0.15, 0.2) is 0 Å². The van der Waals surface area contributed by atoms with E-state index in [1.165, 1.54) is 0 Å². The van der Waals surface area contributed by atoms with Gasteiger partial charge in [-0.05, 0) is 37.1 Å². The summed E-state index contributed by atoms with van der Waals surface area (Å²) in [6.07, 6.45) is 0.973. The summed E-state index contributed by atoms with van der Waals surface area (Å²) in [4.78, 5) is 11.9. The maximum absolute atomic E-state index is 11.9. The molecule has 0 radical (unpaired) electrons. The molecule has 0 aliphatic carbocycles. The highest BCUT2D eigenvalue weighted by Crippen LogP contribution is 2.17. The van der Waals surface area contributed by atoms with Gasteiger partial charge in [0.25, 0.3) is 0 Å². The van der Waals surface area contributed by atoms with E-state index in [-0.39, 0.29) is 5.91 Å². The van der Waals surface area contributed by atoms with Crippen molar-refractivity contribution >= 4 is 11.6 Å². The zero-order valence-electron chi connectivity index (χ0n) is 12.5. The molecule has 1 amide bonds. The molecule has 0 saturated heterocycles. The van der Waals surface area contributed by atoms with Crippen LogP contribution >= 0.6 is 0 Å². The Balaban J connectivity index is 1.77. The fourth-order valence-corrected chi connectivity index (χ4v) is 2.04. The number of aryl methyl sites for hydroxylation is 1. The minimum atomic E-state index is -0.115. The van der Waals surface area contributed by atoms with Crippen molar-refractivity contribution in [2.45, 2.75) is 19.8 Å². The van der Waals surface area contributed by atoms with E-state index in [1.54, 1.807) is 24.3 Å². The molecule has 0 heterocycles. The lowest BCUT2D eigenvalue weighted by molar-refractivity contribution is -0.116. The highest BCUT2D eigenvalue weighted by Gasteiger charge is 2.06. The van der Waals surface area contributed by atoms with E-state index < -0.39 is 0 Å². The van der Waals surface area contributed by atoms with Crippen molar-refractivity contribution in [1.82, 2.24) is 0 Å². The molecule has 0 spiro atoms. The summed E-state index contributed by atoms with van der Waals surface area (Å²) in [5.41, 5.74) is 2.09. The maximum atomic E-state index is 11.9. The second-order valence-corrected chi connectivity index (χ2v) is 4.92. The minimum Gasteiger partial charge on any atom is -0.493 e. The molecular weight excluding hydrogens is 276 g/mol. The maximum Gasteiger partial charge on any atom is 0.224 e. The van der Waals surface area contributed by atoms with Gasteiger partial charge in [-0.1, -0.05) is 30.3 Å². The highest BCUT2D eigenvalue weighted by atomic mass is 16.5. The van der Waals surface area contributed by atoms with Crippen LogP contribution in [-0.2, 0) is 4.79 Å². The van der Waals surface area contributed by atoms with E-state index in [0.717, 1.165) is 11.3 Å². The fourth-order valence-electron chi connectivity index (χ4n) is 2.04. The lowest BCUT2D eigenvalue weighted by Crippen LogP contribution is -2.13. The Hall–Kier alpha value is -2.80. The molecule has 4 nitrogen and oxygen atoms in total.